The van der Waals surface area contributed by atoms with Gasteiger partial charge in [-0.15, -0.1) is 0 Å². The lowest BCUT2D eigenvalue weighted by Crippen LogP contribution is -2.37. The van der Waals surface area contributed by atoms with E-state index in [1.807, 2.05) is 63.2 Å². The maximum absolute atomic E-state index is 13.7. The van der Waals surface area contributed by atoms with Gasteiger partial charge in [-0.2, -0.15) is 4.31 Å². The van der Waals surface area contributed by atoms with Crippen molar-refractivity contribution in [1.29, 1.82) is 0 Å². The molecule has 0 aliphatic carbocycles. The molecule has 0 fully saturated rings. The van der Waals surface area contributed by atoms with Crippen LogP contribution in [0.1, 0.15) is 37.5 Å². The Balaban J connectivity index is 1.95. The topological polar surface area (TPSA) is 75.7 Å². The minimum atomic E-state index is -4.05. The molecular formula is C27H30BrClN2O4S. The highest BCUT2D eigenvalue weighted by Crippen LogP contribution is 2.30. The smallest absolute Gasteiger partial charge is 0.243 e. The second-order valence-electron chi connectivity index (χ2n) is 8.14. The first kappa shape index (κ1) is 28.2. The van der Waals surface area contributed by atoms with Crippen LogP contribution < -0.4 is 10.1 Å². The van der Waals surface area contributed by atoms with Gasteiger partial charge in [-0.25, -0.2) is 8.42 Å². The fourth-order valence-corrected chi connectivity index (χ4v) is 6.12. The number of carbonyl (C=O) groups is 1. The summed E-state index contributed by atoms with van der Waals surface area (Å²) in [7, 11) is -4.05. The summed E-state index contributed by atoms with van der Waals surface area (Å²) in [5.41, 5.74) is 3.45. The zero-order valence-electron chi connectivity index (χ0n) is 20.6. The van der Waals surface area contributed by atoms with Gasteiger partial charge in [0, 0.05) is 16.7 Å². The monoisotopic (exact) mass is 592 g/mol. The van der Waals surface area contributed by atoms with Gasteiger partial charge < -0.3 is 10.1 Å². The number of amides is 1. The van der Waals surface area contributed by atoms with Crippen LogP contribution in [-0.4, -0.2) is 31.8 Å². The molecule has 0 aliphatic heterocycles. The Hall–Kier alpha value is -2.39. The molecule has 0 aromatic heterocycles. The van der Waals surface area contributed by atoms with Crippen molar-refractivity contribution in [2.45, 2.75) is 45.1 Å². The molecule has 0 radical (unpaired) electrons. The Morgan fingerprint density at radius 2 is 1.64 bits per heavy atom. The van der Waals surface area contributed by atoms with Crippen LogP contribution in [0.5, 0.6) is 5.75 Å². The maximum atomic E-state index is 13.7. The number of halogens is 2. The van der Waals surface area contributed by atoms with Crippen LogP contribution in [0.15, 0.2) is 70.0 Å². The maximum Gasteiger partial charge on any atom is 0.243 e. The fraction of sp³-hybridized carbons (Fsp3) is 0.296. The molecule has 36 heavy (non-hydrogen) atoms. The largest absolute Gasteiger partial charge is 0.492 e. The molecule has 9 heteroatoms. The number of aryl methyl sites for hydroxylation is 2. The van der Waals surface area contributed by atoms with Gasteiger partial charge in [0.15, 0.2) is 0 Å². The van der Waals surface area contributed by atoms with E-state index < -0.39 is 15.9 Å². The van der Waals surface area contributed by atoms with Crippen molar-refractivity contribution in [2.75, 3.05) is 18.5 Å². The van der Waals surface area contributed by atoms with Crippen LogP contribution in [-0.2, 0) is 34.2 Å². The number of rotatable bonds is 11. The predicted molar refractivity (Wildman–Crippen MR) is 148 cm³/mol. The second kappa shape index (κ2) is 12.7. The van der Waals surface area contributed by atoms with Crippen molar-refractivity contribution in [3.8, 4) is 5.75 Å². The normalized spacial score (nSPS) is 11.5. The molecule has 3 rings (SSSR count). The zero-order valence-corrected chi connectivity index (χ0v) is 23.7. The van der Waals surface area contributed by atoms with Gasteiger partial charge in [0.05, 0.1) is 23.1 Å². The SMILES string of the molecule is CCOc1ccc(S(=O)(=O)N(CC(=O)Nc2c(CC)cc(Br)cc2CC)Cc2ccccc2)cc1Cl. The molecule has 1 amide bonds. The van der Waals surface area contributed by atoms with Crippen LogP contribution >= 0.6 is 27.5 Å². The third-order valence-electron chi connectivity index (χ3n) is 5.66. The summed E-state index contributed by atoms with van der Waals surface area (Å²) in [5.74, 6) is -0.0156. The second-order valence-corrected chi connectivity index (χ2v) is 11.4. The van der Waals surface area contributed by atoms with E-state index in [1.54, 1.807) is 0 Å². The number of sulfonamides is 1. The number of ether oxygens (including phenoxy) is 1. The number of anilines is 1. The van der Waals surface area contributed by atoms with Crippen LogP contribution in [0.25, 0.3) is 0 Å². The Bertz CT molecular complexity index is 1290. The summed E-state index contributed by atoms with van der Waals surface area (Å²) >= 11 is 9.81. The molecule has 0 spiro atoms. The predicted octanol–water partition coefficient (Wildman–Crippen LogP) is 6.46. The van der Waals surface area contributed by atoms with Crippen molar-refractivity contribution in [3.63, 3.8) is 0 Å². The summed E-state index contributed by atoms with van der Waals surface area (Å²) in [6.45, 7) is 5.92. The molecule has 0 atom stereocenters. The number of hydrogen-bond acceptors (Lipinski definition) is 4. The van der Waals surface area contributed by atoms with E-state index in [2.05, 4.69) is 21.2 Å². The molecule has 3 aromatic carbocycles. The molecule has 6 nitrogen and oxygen atoms in total. The summed E-state index contributed by atoms with van der Waals surface area (Å²) in [5, 5.41) is 3.17. The zero-order chi connectivity index (χ0) is 26.3. The van der Waals surface area contributed by atoms with E-state index in [1.165, 1.54) is 22.5 Å². The third-order valence-corrected chi connectivity index (χ3v) is 8.20. The summed E-state index contributed by atoms with van der Waals surface area (Å²) < 4.78 is 34.9. The average Bonchev–Trinajstić information content (AvgIpc) is 2.86. The lowest BCUT2D eigenvalue weighted by molar-refractivity contribution is -0.116. The molecule has 0 saturated heterocycles. The van der Waals surface area contributed by atoms with E-state index in [4.69, 9.17) is 16.3 Å². The third kappa shape index (κ3) is 6.88. The van der Waals surface area contributed by atoms with Crippen molar-refractivity contribution in [1.82, 2.24) is 4.31 Å². The Morgan fingerprint density at radius 3 is 2.19 bits per heavy atom. The van der Waals surface area contributed by atoms with E-state index in [0.717, 1.165) is 39.7 Å². The molecule has 0 aliphatic rings. The van der Waals surface area contributed by atoms with E-state index in [9.17, 15) is 13.2 Å². The van der Waals surface area contributed by atoms with Gasteiger partial charge >= 0.3 is 0 Å². The van der Waals surface area contributed by atoms with Gasteiger partial charge in [-0.3, -0.25) is 4.79 Å². The lowest BCUT2D eigenvalue weighted by atomic mass is 10.0. The molecule has 192 valence electrons. The number of benzene rings is 3. The molecule has 1 N–H and O–H groups in total. The molecular weight excluding hydrogens is 564 g/mol. The van der Waals surface area contributed by atoms with Crippen LogP contribution in [0.3, 0.4) is 0 Å². The Labute approximate surface area is 226 Å². The Kier molecular flexibility index (Phi) is 9.96. The lowest BCUT2D eigenvalue weighted by Gasteiger charge is -2.23. The standard InChI is InChI=1S/C27H30BrClN2O4S/c1-4-20-14-22(28)15-21(5-2)27(20)30-26(32)18-31(17-19-10-8-7-9-11-19)36(33,34)23-12-13-25(35-6-3)24(29)16-23/h7-16H,4-6,17-18H2,1-3H3,(H,30,32). The minimum absolute atomic E-state index is 0.00757. The van der Waals surface area contributed by atoms with Gasteiger partial charge in [0.25, 0.3) is 0 Å². The fourth-order valence-electron chi connectivity index (χ4n) is 3.86. The highest BCUT2D eigenvalue weighted by molar-refractivity contribution is 9.10. The number of hydrogen-bond donors (Lipinski definition) is 1. The highest BCUT2D eigenvalue weighted by atomic mass is 79.9. The van der Waals surface area contributed by atoms with Gasteiger partial charge in [-0.1, -0.05) is 71.7 Å². The molecule has 3 aromatic rings. The average molecular weight is 594 g/mol. The van der Waals surface area contributed by atoms with Crippen molar-refractivity contribution < 1.29 is 17.9 Å². The molecule has 0 bridgehead atoms. The van der Waals surface area contributed by atoms with Gasteiger partial charge in [-0.05, 0) is 66.8 Å². The number of carbonyl (C=O) groups excluding carboxylic acids is 1. The number of nitrogens with one attached hydrogen (secondary N) is 1. The van der Waals surface area contributed by atoms with Gasteiger partial charge in [0.1, 0.15) is 5.75 Å². The minimum Gasteiger partial charge on any atom is -0.492 e. The molecule has 0 saturated carbocycles. The quantitative estimate of drug-likeness (QED) is 0.277. The van der Waals surface area contributed by atoms with Crippen molar-refractivity contribution >= 4 is 49.1 Å². The van der Waals surface area contributed by atoms with Crippen LogP contribution in [0.2, 0.25) is 5.02 Å². The van der Waals surface area contributed by atoms with E-state index in [-0.39, 0.29) is 23.0 Å². The summed E-state index contributed by atoms with van der Waals surface area (Å²) in [6, 6.07) is 17.4. The first-order chi connectivity index (χ1) is 17.2. The molecule has 0 unspecified atom stereocenters. The molecule has 0 heterocycles. The number of nitrogens with zero attached hydrogens (tertiary/aromatic N) is 1. The van der Waals surface area contributed by atoms with Crippen molar-refractivity contribution in [3.05, 3.63) is 86.8 Å². The van der Waals surface area contributed by atoms with Crippen LogP contribution in [0, 0.1) is 0 Å². The highest BCUT2D eigenvalue weighted by Gasteiger charge is 2.28. The van der Waals surface area contributed by atoms with E-state index >= 15 is 0 Å². The first-order valence-electron chi connectivity index (χ1n) is 11.8. The Morgan fingerprint density at radius 1 is 1.00 bits per heavy atom. The van der Waals surface area contributed by atoms with Crippen molar-refractivity contribution in [2.24, 2.45) is 0 Å². The summed E-state index contributed by atoms with van der Waals surface area (Å²) in [4.78, 5) is 13.2. The first-order valence-corrected chi connectivity index (χ1v) is 14.4. The van der Waals surface area contributed by atoms with E-state index in [0.29, 0.717) is 12.4 Å². The van der Waals surface area contributed by atoms with Crippen LogP contribution in [0.4, 0.5) is 5.69 Å². The van der Waals surface area contributed by atoms with Gasteiger partial charge in [0.2, 0.25) is 15.9 Å². The summed E-state index contributed by atoms with van der Waals surface area (Å²) in [6.07, 6.45) is 1.44.